The van der Waals surface area contributed by atoms with Gasteiger partial charge in [0.2, 0.25) is 0 Å². The van der Waals surface area contributed by atoms with Crippen LogP contribution < -0.4 is 5.32 Å². The number of aryl methyl sites for hydroxylation is 1. The molecular formula is C15H18N6. The molecule has 0 unspecified atom stereocenters. The van der Waals surface area contributed by atoms with Crippen LogP contribution in [0.5, 0.6) is 0 Å². The molecule has 0 aromatic carbocycles. The van der Waals surface area contributed by atoms with E-state index in [9.17, 15) is 0 Å². The van der Waals surface area contributed by atoms with Gasteiger partial charge in [0.1, 0.15) is 6.07 Å². The Hall–Kier alpha value is -2.10. The van der Waals surface area contributed by atoms with Crippen LogP contribution in [0, 0.1) is 18.3 Å². The quantitative estimate of drug-likeness (QED) is 0.886. The molecule has 21 heavy (non-hydrogen) atoms. The van der Waals surface area contributed by atoms with Crippen molar-refractivity contribution in [1.29, 1.82) is 5.26 Å². The molecule has 0 bridgehead atoms. The van der Waals surface area contributed by atoms with Gasteiger partial charge in [0.25, 0.3) is 0 Å². The fourth-order valence-corrected chi connectivity index (χ4v) is 2.58. The van der Waals surface area contributed by atoms with Gasteiger partial charge in [-0.2, -0.15) is 15.5 Å². The van der Waals surface area contributed by atoms with Gasteiger partial charge < -0.3 is 5.32 Å². The Bertz CT molecular complexity index is 634. The molecule has 1 fully saturated rings. The average molecular weight is 282 g/mol. The second kappa shape index (κ2) is 6.12. The fourth-order valence-electron chi connectivity index (χ4n) is 2.58. The summed E-state index contributed by atoms with van der Waals surface area (Å²) in [7, 11) is 0. The number of hydrogen-bond acceptors (Lipinski definition) is 6. The minimum atomic E-state index is 0.610. The van der Waals surface area contributed by atoms with Gasteiger partial charge in [-0.1, -0.05) is 0 Å². The van der Waals surface area contributed by atoms with Crippen molar-refractivity contribution in [2.75, 3.05) is 32.7 Å². The number of aromatic nitrogens is 1. The van der Waals surface area contributed by atoms with Gasteiger partial charge in [0.05, 0.1) is 22.7 Å². The van der Waals surface area contributed by atoms with E-state index in [2.05, 4.69) is 31.5 Å². The number of hydrogen-bond donors (Lipinski definition) is 1. The summed E-state index contributed by atoms with van der Waals surface area (Å²) in [6, 6.07) is 4.05. The molecule has 3 rings (SSSR count). The highest BCUT2D eigenvalue weighted by Gasteiger charge is 2.19. The van der Waals surface area contributed by atoms with Crippen LogP contribution in [0.1, 0.15) is 23.2 Å². The third-order valence-electron chi connectivity index (χ3n) is 3.83. The Morgan fingerprint density at radius 1 is 1.33 bits per heavy atom. The van der Waals surface area contributed by atoms with Crippen LogP contribution in [-0.4, -0.2) is 54.0 Å². The number of pyridine rings is 1. The number of nitrogens with one attached hydrogen (secondary N) is 1. The fraction of sp³-hybridized carbons (Fsp3) is 0.467. The molecule has 6 nitrogen and oxygen atoms in total. The van der Waals surface area contributed by atoms with Crippen LogP contribution >= 0.6 is 0 Å². The molecule has 1 aromatic heterocycles. The van der Waals surface area contributed by atoms with Crippen molar-refractivity contribution in [3.05, 3.63) is 29.1 Å². The molecule has 2 aliphatic rings. The first kappa shape index (κ1) is 13.9. The summed E-state index contributed by atoms with van der Waals surface area (Å²) >= 11 is 0. The van der Waals surface area contributed by atoms with Gasteiger partial charge >= 0.3 is 0 Å². The highest BCUT2D eigenvalue weighted by Crippen LogP contribution is 2.14. The summed E-state index contributed by atoms with van der Waals surface area (Å²) in [5, 5.41) is 20.9. The van der Waals surface area contributed by atoms with Crippen molar-refractivity contribution in [1.82, 2.24) is 15.2 Å². The van der Waals surface area contributed by atoms with E-state index < -0.39 is 0 Å². The number of rotatable bonds is 3. The smallest absolute Gasteiger partial charge is 0.101 e. The molecule has 0 atom stereocenters. The molecule has 0 aliphatic carbocycles. The van der Waals surface area contributed by atoms with Gasteiger partial charge in [-0.3, -0.25) is 9.88 Å². The zero-order valence-corrected chi connectivity index (χ0v) is 12.1. The molecule has 0 spiro atoms. The lowest BCUT2D eigenvalue weighted by Gasteiger charge is -2.26. The predicted molar refractivity (Wildman–Crippen MR) is 81.6 cm³/mol. The van der Waals surface area contributed by atoms with Crippen molar-refractivity contribution >= 4 is 11.4 Å². The lowest BCUT2D eigenvalue weighted by atomic mass is 10.1. The van der Waals surface area contributed by atoms with Crippen molar-refractivity contribution in [3.63, 3.8) is 0 Å². The van der Waals surface area contributed by atoms with Crippen molar-refractivity contribution in [2.24, 2.45) is 10.2 Å². The molecular weight excluding hydrogens is 264 g/mol. The highest BCUT2D eigenvalue weighted by molar-refractivity contribution is 6.14. The van der Waals surface area contributed by atoms with Crippen molar-refractivity contribution in [2.45, 2.75) is 13.3 Å². The van der Waals surface area contributed by atoms with Gasteiger partial charge in [0.15, 0.2) is 0 Å². The summed E-state index contributed by atoms with van der Waals surface area (Å²) in [5.41, 5.74) is 4.36. The van der Waals surface area contributed by atoms with Gasteiger partial charge in [-0.05, 0) is 18.6 Å². The zero-order valence-electron chi connectivity index (χ0n) is 12.1. The minimum Gasteiger partial charge on any atom is -0.314 e. The van der Waals surface area contributed by atoms with Crippen molar-refractivity contribution < 1.29 is 0 Å². The lowest BCUT2D eigenvalue weighted by Crippen LogP contribution is -2.45. The van der Waals surface area contributed by atoms with E-state index in [-0.39, 0.29) is 0 Å². The Labute approximate surface area is 124 Å². The van der Waals surface area contributed by atoms with Crippen LogP contribution in [0.2, 0.25) is 0 Å². The standard InChI is InChI=1S/C15H18N6/c1-11-6-14(18-9-12(11)8-16)15-7-13(19-20-15)10-21-4-2-17-3-5-21/h6,9,17H,2-5,7,10H2,1H3. The maximum absolute atomic E-state index is 8.95. The van der Waals surface area contributed by atoms with Crippen LogP contribution in [0.15, 0.2) is 22.5 Å². The molecule has 1 N–H and O–H groups in total. The first-order chi connectivity index (χ1) is 10.3. The summed E-state index contributed by atoms with van der Waals surface area (Å²) in [4.78, 5) is 6.72. The molecule has 3 heterocycles. The second-order valence-corrected chi connectivity index (χ2v) is 5.41. The SMILES string of the molecule is Cc1cc(C2=NN=C(CN3CCNCC3)C2)ncc1C#N. The summed E-state index contributed by atoms with van der Waals surface area (Å²) in [5.74, 6) is 0. The predicted octanol–water partition coefficient (Wildman–Crippen LogP) is 0.716. The Balaban J connectivity index is 1.63. The molecule has 0 radical (unpaired) electrons. The summed E-state index contributed by atoms with van der Waals surface area (Å²) < 4.78 is 0. The Morgan fingerprint density at radius 2 is 2.14 bits per heavy atom. The van der Waals surface area contributed by atoms with Crippen LogP contribution in [0.3, 0.4) is 0 Å². The lowest BCUT2D eigenvalue weighted by molar-refractivity contribution is 0.271. The topological polar surface area (TPSA) is 76.7 Å². The third kappa shape index (κ3) is 3.15. The average Bonchev–Trinajstić information content (AvgIpc) is 2.97. The summed E-state index contributed by atoms with van der Waals surface area (Å²) in [6.45, 7) is 6.99. The maximum Gasteiger partial charge on any atom is 0.101 e. The Kier molecular flexibility index (Phi) is 4.04. The van der Waals surface area contributed by atoms with Gasteiger partial charge in [-0.15, -0.1) is 0 Å². The molecule has 1 aromatic rings. The van der Waals surface area contributed by atoms with E-state index in [0.29, 0.717) is 5.56 Å². The molecule has 1 saturated heterocycles. The molecule has 2 aliphatic heterocycles. The van der Waals surface area contributed by atoms with E-state index in [1.165, 1.54) is 0 Å². The molecule has 108 valence electrons. The van der Waals surface area contributed by atoms with E-state index >= 15 is 0 Å². The highest BCUT2D eigenvalue weighted by atomic mass is 15.3. The molecule has 0 amide bonds. The maximum atomic E-state index is 8.95. The van der Waals surface area contributed by atoms with E-state index in [4.69, 9.17) is 5.26 Å². The number of nitriles is 1. The van der Waals surface area contributed by atoms with E-state index in [1.54, 1.807) is 6.20 Å². The normalized spacial score (nSPS) is 19.0. The second-order valence-electron chi connectivity index (χ2n) is 5.41. The van der Waals surface area contributed by atoms with Crippen molar-refractivity contribution in [3.8, 4) is 6.07 Å². The summed E-state index contributed by atoms with van der Waals surface area (Å²) in [6.07, 6.45) is 2.36. The van der Waals surface area contributed by atoms with Crippen LogP contribution in [0.4, 0.5) is 0 Å². The van der Waals surface area contributed by atoms with E-state index in [0.717, 1.165) is 61.8 Å². The molecule has 0 saturated carbocycles. The van der Waals surface area contributed by atoms with Crippen LogP contribution in [-0.2, 0) is 0 Å². The van der Waals surface area contributed by atoms with E-state index in [1.807, 2.05) is 13.0 Å². The zero-order chi connectivity index (χ0) is 14.7. The Morgan fingerprint density at radius 3 is 2.86 bits per heavy atom. The number of piperazine rings is 1. The first-order valence-corrected chi connectivity index (χ1v) is 7.19. The first-order valence-electron chi connectivity index (χ1n) is 7.19. The van der Waals surface area contributed by atoms with Crippen LogP contribution in [0.25, 0.3) is 0 Å². The van der Waals surface area contributed by atoms with Gasteiger partial charge in [-0.25, -0.2) is 0 Å². The van der Waals surface area contributed by atoms with Gasteiger partial charge in [0, 0.05) is 45.3 Å². The largest absolute Gasteiger partial charge is 0.314 e. The third-order valence-corrected chi connectivity index (χ3v) is 3.83. The minimum absolute atomic E-state index is 0.610. The monoisotopic (exact) mass is 282 g/mol. The number of nitrogens with zero attached hydrogens (tertiary/aromatic N) is 5. The molecule has 6 heteroatoms.